The number of hydrogen-bond acceptors (Lipinski definition) is 4. The van der Waals surface area contributed by atoms with Crippen molar-refractivity contribution in [2.75, 3.05) is 27.3 Å². The Bertz CT molecular complexity index is 417. The number of nitrogens with zero attached hydrogens (tertiary/aromatic N) is 2. The van der Waals surface area contributed by atoms with Gasteiger partial charge in [-0.15, -0.1) is 0 Å². The van der Waals surface area contributed by atoms with Crippen molar-refractivity contribution in [2.24, 2.45) is 0 Å². The Kier molecular flexibility index (Phi) is 3.33. The van der Waals surface area contributed by atoms with Gasteiger partial charge in [-0.3, -0.25) is 9.88 Å². The van der Waals surface area contributed by atoms with E-state index in [-0.39, 0.29) is 11.3 Å². The van der Waals surface area contributed by atoms with E-state index in [0.717, 1.165) is 44.6 Å². The van der Waals surface area contributed by atoms with Crippen LogP contribution in [0.2, 0.25) is 0 Å². The lowest BCUT2D eigenvalue weighted by molar-refractivity contribution is -0.193. The lowest BCUT2D eigenvalue weighted by Crippen LogP contribution is -2.49. The van der Waals surface area contributed by atoms with Gasteiger partial charge in [0.05, 0.1) is 24.4 Å². The van der Waals surface area contributed by atoms with Gasteiger partial charge in [0.1, 0.15) is 0 Å². The molecule has 0 bridgehead atoms. The molecule has 1 aliphatic carbocycles. The molecule has 4 nitrogen and oxygen atoms in total. The Morgan fingerprint density at radius 1 is 1.05 bits per heavy atom. The molecule has 0 atom stereocenters. The molecule has 3 rings (SSSR count). The monoisotopic (exact) mass is 262 g/mol. The van der Waals surface area contributed by atoms with Crippen molar-refractivity contribution in [3.8, 4) is 0 Å². The SMILES string of the molecule is CN(C)C1(c2ccccn2)CCC2(CC1)OCCO2. The summed E-state index contributed by atoms with van der Waals surface area (Å²) in [6, 6.07) is 6.18. The molecule has 0 amide bonds. The van der Waals surface area contributed by atoms with Gasteiger partial charge in [0, 0.05) is 19.0 Å². The molecule has 1 aliphatic heterocycles. The molecule has 1 saturated carbocycles. The maximum absolute atomic E-state index is 5.83. The van der Waals surface area contributed by atoms with E-state index < -0.39 is 0 Å². The van der Waals surface area contributed by atoms with E-state index in [1.54, 1.807) is 0 Å². The van der Waals surface area contributed by atoms with E-state index in [2.05, 4.69) is 36.1 Å². The van der Waals surface area contributed by atoms with Crippen molar-refractivity contribution in [3.63, 3.8) is 0 Å². The van der Waals surface area contributed by atoms with E-state index >= 15 is 0 Å². The van der Waals surface area contributed by atoms with Crippen LogP contribution in [-0.2, 0) is 15.0 Å². The second kappa shape index (κ2) is 4.85. The maximum Gasteiger partial charge on any atom is 0.168 e. The van der Waals surface area contributed by atoms with Crippen molar-refractivity contribution in [3.05, 3.63) is 30.1 Å². The average Bonchev–Trinajstić information content (AvgIpc) is 2.89. The van der Waals surface area contributed by atoms with Gasteiger partial charge in [-0.25, -0.2) is 0 Å². The number of hydrogen-bond donors (Lipinski definition) is 0. The van der Waals surface area contributed by atoms with E-state index in [1.165, 1.54) is 0 Å². The molecule has 2 heterocycles. The van der Waals surface area contributed by atoms with Gasteiger partial charge in [-0.05, 0) is 39.1 Å². The molecule has 2 fully saturated rings. The Labute approximate surface area is 114 Å². The summed E-state index contributed by atoms with van der Waals surface area (Å²) in [7, 11) is 4.28. The molecule has 4 heteroatoms. The van der Waals surface area contributed by atoms with E-state index in [0.29, 0.717) is 0 Å². The Morgan fingerprint density at radius 2 is 1.74 bits per heavy atom. The second-order valence-corrected chi connectivity index (χ2v) is 5.75. The van der Waals surface area contributed by atoms with E-state index in [1.807, 2.05) is 12.3 Å². The molecule has 0 N–H and O–H groups in total. The van der Waals surface area contributed by atoms with Gasteiger partial charge in [-0.2, -0.15) is 0 Å². The number of aromatic nitrogens is 1. The fraction of sp³-hybridized carbons (Fsp3) is 0.667. The van der Waals surface area contributed by atoms with Gasteiger partial charge in [-0.1, -0.05) is 6.07 Å². The van der Waals surface area contributed by atoms with Crippen LogP contribution in [0.1, 0.15) is 31.4 Å². The summed E-state index contributed by atoms with van der Waals surface area (Å²) in [5, 5.41) is 0. The summed E-state index contributed by atoms with van der Waals surface area (Å²) >= 11 is 0. The van der Waals surface area contributed by atoms with Crippen LogP contribution in [0.5, 0.6) is 0 Å². The van der Waals surface area contributed by atoms with Gasteiger partial charge in [0.2, 0.25) is 0 Å². The first-order chi connectivity index (χ1) is 9.17. The Hall–Kier alpha value is -0.970. The van der Waals surface area contributed by atoms with Crippen LogP contribution in [0, 0.1) is 0 Å². The molecule has 1 aromatic rings. The molecule has 0 radical (unpaired) electrons. The highest BCUT2D eigenvalue weighted by atomic mass is 16.7. The zero-order chi connectivity index (χ0) is 13.3. The van der Waals surface area contributed by atoms with Crippen molar-refractivity contribution in [1.82, 2.24) is 9.88 Å². The van der Waals surface area contributed by atoms with Gasteiger partial charge >= 0.3 is 0 Å². The third kappa shape index (κ3) is 2.18. The first-order valence-corrected chi connectivity index (χ1v) is 7.04. The summed E-state index contributed by atoms with van der Waals surface area (Å²) < 4.78 is 11.7. The molecule has 2 aliphatic rings. The third-order valence-corrected chi connectivity index (χ3v) is 4.65. The standard InChI is InChI=1S/C15H22N2O2/c1-17(2)14(13-5-3-4-10-16-13)6-8-15(9-7-14)18-11-12-19-15/h3-5,10H,6-9,11-12H2,1-2H3. The fourth-order valence-electron chi connectivity index (χ4n) is 3.40. The van der Waals surface area contributed by atoms with Crippen molar-refractivity contribution in [1.29, 1.82) is 0 Å². The normalized spacial score (nSPS) is 25.0. The molecular weight excluding hydrogens is 240 g/mol. The highest BCUT2D eigenvalue weighted by Crippen LogP contribution is 2.46. The predicted molar refractivity (Wildman–Crippen MR) is 72.7 cm³/mol. The highest BCUT2D eigenvalue weighted by molar-refractivity contribution is 5.18. The quantitative estimate of drug-likeness (QED) is 0.818. The van der Waals surface area contributed by atoms with Crippen LogP contribution in [-0.4, -0.2) is 43.0 Å². The molecular formula is C15H22N2O2. The minimum atomic E-state index is -0.311. The second-order valence-electron chi connectivity index (χ2n) is 5.75. The van der Waals surface area contributed by atoms with Crippen molar-refractivity contribution < 1.29 is 9.47 Å². The van der Waals surface area contributed by atoms with E-state index in [9.17, 15) is 0 Å². The Balaban J connectivity index is 1.85. The summed E-state index contributed by atoms with van der Waals surface area (Å²) in [6.07, 6.45) is 5.82. The van der Waals surface area contributed by atoms with Crippen LogP contribution in [0.15, 0.2) is 24.4 Å². The van der Waals surface area contributed by atoms with Crippen LogP contribution >= 0.6 is 0 Å². The fourth-order valence-corrected chi connectivity index (χ4v) is 3.40. The van der Waals surface area contributed by atoms with Crippen molar-refractivity contribution in [2.45, 2.75) is 37.0 Å². The topological polar surface area (TPSA) is 34.6 Å². The summed E-state index contributed by atoms with van der Waals surface area (Å²) in [5.74, 6) is -0.311. The molecule has 1 saturated heterocycles. The van der Waals surface area contributed by atoms with Crippen LogP contribution in [0.4, 0.5) is 0 Å². The van der Waals surface area contributed by atoms with Gasteiger partial charge < -0.3 is 9.47 Å². The predicted octanol–water partition coefficient (Wildman–Crippen LogP) is 2.16. The average molecular weight is 262 g/mol. The van der Waals surface area contributed by atoms with Crippen LogP contribution in [0.25, 0.3) is 0 Å². The summed E-state index contributed by atoms with van der Waals surface area (Å²) in [4.78, 5) is 6.89. The minimum Gasteiger partial charge on any atom is -0.348 e. The molecule has 1 spiro atoms. The van der Waals surface area contributed by atoms with Gasteiger partial charge in [0.15, 0.2) is 5.79 Å². The first kappa shape index (κ1) is 13.0. The molecule has 0 aromatic carbocycles. The molecule has 1 aromatic heterocycles. The molecule has 19 heavy (non-hydrogen) atoms. The Morgan fingerprint density at radius 3 is 2.26 bits per heavy atom. The number of rotatable bonds is 2. The smallest absolute Gasteiger partial charge is 0.168 e. The minimum absolute atomic E-state index is 0.0157. The van der Waals surface area contributed by atoms with Crippen LogP contribution < -0.4 is 0 Å². The zero-order valence-corrected chi connectivity index (χ0v) is 11.8. The largest absolute Gasteiger partial charge is 0.348 e. The maximum atomic E-state index is 5.83. The lowest BCUT2D eigenvalue weighted by atomic mass is 9.75. The molecule has 0 unspecified atom stereocenters. The third-order valence-electron chi connectivity index (χ3n) is 4.65. The summed E-state index contributed by atoms with van der Waals surface area (Å²) in [5.41, 5.74) is 1.18. The number of ether oxygens (including phenoxy) is 2. The molecule has 104 valence electrons. The van der Waals surface area contributed by atoms with Crippen molar-refractivity contribution >= 4 is 0 Å². The first-order valence-electron chi connectivity index (χ1n) is 7.04. The number of pyridine rings is 1. The lowest BCUT2D eigenvalue weighted by Gasteiger charge is -2.47. The van der Waals surface area contributed by atoms with E-state index in [4.69, 9.17) is 9.47 Å². The van der Waals surface area contributed by atoms with Gasteiger partial charge in [0.25, 0.3) is 0 Å². The summed E-state index contributed by atoms with van der Waals surface area (Å²) in [6.45, 7) is 1.47. The zero-order valence-electron chi connectivity index (χ0n) is 11.8. The highest BCUT2D eigenvalue weighted by Gasteiger charge is 2.48. The van der Waals surface area contributed by atoms with Crippen LogP contribution in [0.3, 0.4) is 0 Å².